The predicted molar refractivity (Wildman–Crippen MR) is 99.2 cm³/mol. The Labute approximate surface area is 152 Å². The topological polar surface area (TPSA) is 68.5 Å². The van der Waals surface area contributed by atoms with E-state index in [9.17, 15) is 9.59 Å². The molecular formula is C21H21NO4. The maximum absolute atomic E-state index is 12.1. The number of ether oxygens (including phenoxy) is 1. The molecule has 2 aromatic carbocycles. The number of carbonyl (C=O) groups excluding carboxylic acids is 2. The summed E-state index contributed by atoms with van der Waals surface area (Å²) in [6.07, 6.45) is 2.84. The summed E-state index contributed by atoms with van der Waals surface area (Å²) < 4.78 is 10.4. The monoisotopic (exact) mass is 351 g/mol. The predicted octanol–water partition coefficient (Wildman–Crippen LogP) is 4.11. The van der Waals surface area contributed by atoms with Gasteiger partial charge >= 0.3 is 0 Å². The molecule has 5 heteroatoms. The summed E-state index contributed by atoms with van der Waals surface area (Å²) in [4.78, 5) is 24.1. The maximum Gasteiger partial charge on any atom is 0.220 e. The van der Waals surface area contributed by atoms with Crippen molar-refractivity contribution in [1.82, 2.24) is 5.32 Å². The van der Waals surface area contributed by atoms with Gasteiger partial charge in [0.2, 0.25) is 5.91 Å². The summed E-state index contributed by atoms with van der Waals surface area (Å²) in [5, 5.41) is 3.91. The molecule has 0 atom stereocenters. The molecule has 1 amide bonds. The third-order valence-corrected chi connectivity index (χ3v) is 4.23. The van der Waals surface area contributed by atoms with Gasteiger partial charge in [0.15, 0.2) is 5.78 Å². The molecule has 1 aromatic heterocycles. The van der Waals surface area contributed by atoms with Crippen LogP contribution in [0.4, 0.5) is 0 Å². The molecule has 0 saturated heterocycles. The molecule has 1 heterocycles. The van der Waals surface area contributed by atoms with E-state index in [1.807, 2.05) is 24.3 Å². The van der Waals surface area contributed by atoms with Crippen molar-refractivity contribution >= 4 is 22.7 Å². The average molecular weight is 351 g/mol. The Balaban J connectivity index is 1.41. The van der Waals surface area contributed by atoms with Crippen molar-refractivity contribution < 1.29 is 18.7 Å². The maximum atomic E-state index is 12.1. The first-order valence-electron chi connectivity index (χ1n) is 8.56. The Morgan fingerprint density at radius 2 is 1.85 bits per heavy atom. The Kier molecular flexibility index (Phi) is 5.69. The number of carbonyl (C=O) groups is 2. The lowest BCUT2D eigenvalue weighted by Crippen LogP contribution is -2.22. The summed E-state index contributed by atoms with van der Waals surface area (Å²) in [6.45, 7) is 0.446. The van der Waals surface area contributed by atoms with Gasteiger partial charge in [0.05, 0.1) is 13.4 Å². The molecule has 3 rings (SSSR count). The highest BCUT2D eigenvalue weighted by atomic mass is 16.5. The second-order valence-corrected chi connectivity index (χ2v) is 6.07. The number of fused-ring (bicyclic) bond motifs is 1. The zero-order chi connectivity index (χ0) is 18.4. The van der Waals surface area contributed by atoms with Gasteiger partial charge in [-0.25, -0.2) is 0 Å². The largest absolute Gasteiger partial charge is 0.497 e. The number of methoxy groups -OCH3 is 1. The summed E-state index contributed by atoms with van der Waals surface area (Å²) in [6, 6.07) is 14.8. The van der Waals surface area contributed by atoms with Crippen LogP contribution in [-0.2, 0) is 11.3 Å². The highest BCUT2D eigenvalue weighted by Gasteiger charge is 2.08. The van der Waals surface area contributed by atoms with E-state index in [4.69, 9.17) is 9.15 Å². The van der Waals surface area contributed by atoms with Crippen LogP contribution < -0.4 is 10.1 Å². The van der Waals surface area contributed by atoms with Gasteiger partial charge < -0.3 is 14.5 Å². The fourth-order valence-corrected chi connectivity index (χ4v) is 2.73. The first kappa shape index (κ1) is 17.7. The fourth-order valence-electron chi connectivity index (χ4n) is 2.73. The minimum absolute atomic E-state index is 0.0312. The molecule has 3 aromatic rings. The third-order valence-electron chi connectivity index (χ3n) is 4.23. The van der Waals surface area contributed by atoms with Crippen LogP contribution >= 0.6 is 0 Å². The van der Waals surface area contributed by atoms with Crippen molar-refractivity contribution in [2.75, 3.05) is 7.11 Å². The first-order valence-corrected chi connectivity index (χ1v) is 8.56. The molecule has 0 aliphatic rings. The molecule has 5 nitrogen and oxygen atoms in total. The Morgan fingerprint density at radius 3 is 2.62 bits per heavy atom. The minimum atomic E-state index is -0.0629. The number of amides is 1. The van der Waals surface area contributed by atoms with Crippen LogP contribution in [0.3, 0.4) is 0 Å². The van der Waals surface area contributed by atoms with Crippen LogP contribution in [0.15, 0.2) is 59.2 Å². The quantitative estimate of drug-likeness (QED) is 0.620. The van der Waals surface area contributed by atoms with E-state index >= 15 is 0 Å². The number of hydrogen-bond acceptors (Lipinski definition) is 4. The van der Waals surface area contributed by atoms with Gasteiger partial charge in [-0.3, -0.25) is 9.59 Å². The molecular weight excluding hydrogens is 330 g/mol. The van der Waals surface area contributed by atoms with Crippen molar-refractivity contribution in [3.8, 4) is 5.75 Å². The second-order valence-electron chi connectivity index (χ2n) is 6.07. The van der Waals surface area contributed by atoms with Crippen LogP contribution in [0.25, 0.3) is 11.0 Å². The molecule has 0 fully saturated rings. The van der Waals surface area contributed by atoms with E-state index in [0.717, 1.165) is 16.5 Å². The van der Waals surface area contributed by atoms with Crippen molar-refractivity contribution in [2.45, 2.75) is 25.8 Å². The number of ketones is 1. The first-order chi connectivity index (χ1) is 12.7. The molecule has 0 bridgehead atoms. The highest BCUT2D eigenvalue weighted by molar-refractivity contribution is 5.96. The molecule has 0 aliphatic heterocycles. The van der Waals surface area contributed by atoms with Crippen LogP contribution in [0.2, 0.25) is 0 Å². The Morgan fingerprint density at radius 1 is 1.04 bits per heavy atom. The fraction of sp³-hybridized carbons (Fsp3) is 0.238. The number of furan rings is 1. The molecule has 0 radical (unpaired) electrons. The van der Waals surface area contributed by atoms with Crippen molar-refractivity contribution in [3.63, 3.8) is 0 Å². The van der Waals surface area contributed by atoms with E-state index < -0.39 is 0 Å². The third kappa shape index (κ3) is 4.51. The van der Waals surface area contributed by atoms with Crippen molar-refractivity contribution in [2.24, 2.45) is 0 Å². The normalized spacial score (nSPS) is 10.7. The molecule has 0 aliphatic carbocycles. The molecule has 0 unspecified atom stereocenters. The Hall–Kier alpha value is -3.08. The van der Waals surface area contributed by atoms with E-state index in [1.54, 1.807) is 37.6 Å². The number of nitrogens with one attached hydrogen (secondary N) is 1. The summed E-state index contributed by atoms with van der Waals surface area (Å²) in [5.74, 6) is 0.685. The molecule has 134 valence electrons. The number of rotatable bonds is 8. The molecule has 1 N–H and O–H groups in total. The van der Waals surface area contributed by atoms with E-state index in [0.29, 0.717) is 37.1 Å². The second kappa shape index (κ2) is 8.34. The number of Topliss-reactive ketones (excluding diaryl/α,β-unsaturated/α-hetero) is 1. The van der Waals surface area contributed by atoms with Gasteiger partial charge in [-0.1, -0.05) is 12.1 Å². The summed E-state index contributed by atoms with van der Waals surface area (Å²) in [7, 11) is 1.59. The van der Waals surface area contributed by atoms with Gasteiger partial charge in [0.1, 0.15) is 11.3 Å². The Bertz CT molecular complexity index is 896. The lowest BCUT2D eigenvalue weighted by atomic mass is 10.1. The van der Waals surface area contributed by atoms with Gasteiger partial charge in [0.25, 0.3) is 0 Å². The van der Waals surface area contributed by atoms with Gasteiger partial charge in [-0.05, 0) is 48.4 Å². The number of benzene rings is 2. The molecule has 0 spiro atoms. The lowest BCUT2D eigenvalue weighted by Gasteiger charge is -2.06. The van der Waals surface area contributed by atoms with Crippen LogP contribution in [0.1, 0.15) is 35.2 Å². The van der Waals surface area contributed by atoms with Crippen molar-refractivity contribution in [3.05, 3.63) is 65.9 Å². The highest BCUT2D eigenvalue weighted by Crippen LogP contribution is 2.17. The standard InChI is InChI=1S/C21H21NO4/c1-25-18-9-7-16(8-10-18)19(23)3-2-4-21(24)22-14-15-5-6-17-11-12-26-20(17)13-15/h5-13H,2-4,14H2,1H3,(H,22,24). The van der Waals surface area contributed by atoms with Gasteiger partial charge in [0, 0.05) is 30.3 Å². The summed E-state index contributed by atoms with van der Waals surface area (Å²) in [5.41, 5.74) is 2.43. The van der Waals surface area contributed by atoms with Gasteiger partial charge in [-0.15, -0.1) is 0 Å². The number of hydrogen-bond donors (Lipinski definition) is 1. The van der Waals surface area contributed by atoms with E-state index in [-0.39, 0.29) is 11.7 Å². The van der Waals surface area contributed by atoms with Gasteiger partial charge in [-0.2, -0.15) is 0 Å². The molecule has 26 heavy (non-hydrogen) atoms. The van der Waals surface area contributed by atoms with Crippen LogP contribution in [0.5, 0.6) is 5.75 Å². The minimum Gasteiger partial charge on any atom is -0.497 e. The van der Waals surface area contributed by atoms with Crippen molar-refractivity contribution in [1.29, 1.82) is 0 Å². The van der Waals surface area contributed by atoms with E-state index in [1.165, 1.54) is 0 Å². The lowest BCUT2D eigenvalue weighted by molar-refractivity contribution is -0.121. The van der Waals surface area contributed by atoms with E-state index in [2.05, 4.69) is 5.32 Å². The SMILES string of the molecule is COc1ccc(C(=O)CCCC(=O)NCc2ccc3ccoc3c2)cc1. The zero-order valence-corrected chi connectivity index (χ0v) is 14.7. The van der Waals surface area contributed by atoms with Crippen LogP contribution in [-0.4, -0.2) is 18.8 Å². The zero-order valence-electron chi connectivity index (χ0n) is 14.7. The van der Waals surface area contributed by atoms with Crippen LogP contribution in [0, 0.1) is 0 Å². The smallest absolute Gasteiger partial charge is 0.220 e. The summed E-state index contributed by atoms with van der Waals surface area (Å²) >= 11 is 0. The average Bonchev–Trinajstić information content (AvgIpc) is 3.14. The molecule has 0 saturated carbocycles.